The molecule has 0 spiro atoms. The average molecular weight is 268 g/mol. The molecule has 0 aromatic heterocycles. The van der Waals surface area contributed by atoms with Crippen LogP contribution < -0.4 is 0 Å². The van der Waals surface area contributed by atoms with Gasteiger partial charge in [0.25, 0.3) is 0 Å². The number of ether oxygens (including phenoxy) is 1. The largest absolute Gasteiger partial charge is 0.502 e. The molecular formula is C15H29BO3. The Morgan fingerprint density at radius 2 is 1.37 bits per heavy atom. The minimum absolute atomic E-state index is 0.270. The van der Waals surface area contributed by atoms with E-state index in [4.69, 9.17) is 14.0 Å². The van der Waals surface area contributed by atoms with Gasteiger partial charge in [-0.3, -0.25) is 0 Å². The molecule has 0 bridgehead atoms. The molecule has 1 aliphatic carbocycles. The topological polar surface area (TPSA) is 27.7 Å². The predicted molar refractivity (Wildman–Crippen MR) is 79.9 cm³/mol. The molecule has 4 heteroatoms. The van der Waals surface area contributed by atoms with Gasteiger partial charge in [0.15, 0.2) is 0 Å². The first kappa shape index (κ1) is 16.6. The molecule has 0 unspecified atom stereocenters. The Morgan fingerprint density at radius 1 is 0.947 bits per heavy atom. The van der Waals surface area contributed by atoms with E-state index in [1.165, 1.54) is 32.1 Å². The highest BCUT2D eigenvalue weighted by Crippen LogP contribution is 2.36. The van der Waals surface area contributed by atoms with Crippen molar-refractivity contribution in [3.8, 4) is 0 Å². The van der Waals surface area contributed by atoms with Gasteiger partial charge in [-0.2, -0.15) is 0 Å². The van der Waals surface area contributed by atoms with Gasteiger partial charge in [0.1, 0.15) is 0 Å². The van der Waals surface area contributed by atoms with E-state index in [1.807, 2.05) is 34.6 Å². The summed E-state index contributed by atoms with van der Waals surface area (Å²) in [6.07, 6.45) is 9.13. The van der Waals surface area contributed by atoms with Crippen molar-refractivity contribution in [1.29, 1.82) is 0 Å². The highest BCUT2D eigenvalue weighted by molar-refractivity contribution is 6.51. The Hall–Kier alpha value is -0.475. The van der Waals surface area contributed by atoms with Crippen LogP contribution in [0.5, 0.6) is 0 Å². The summed E-state index contributed by atoms with van der Waals surface area (Å²) in [6.45, 7) is 10.7. The summed E-state index contributed by atoms with van der Waals surface area (Å²) in [4.78, 5) is 0. The first-order chi connectivity index (χ1) is 8.89. The first-order valence-electron chi connectivity index (χ1n) is 7.53. The molecule has 0 aromatic carbocycles. The van der Waals surface area contributed by atoms with Crippen molar-refractivity contribution in [2.45, 2.75) is 77.9 Å². The minimum atomic E-state index is -0.299. The van der Waals surface area contributed by atoms with E-state index in [9.17, 15) is 0 Å². The van der Waals surface area contributed by atoms with Gasteiger partial charge < -0.3 is 14.0 Å². The molecule has 1 saturated carbocycles. The lowest BCUT2D eigenvalue weighted by atomic mass is 9.90. The Kier molecular flexibility index (Phi) is 6.41. The zero-order valence-electron chi connectivity index (χ0n) is 13.2. The van der Waals surface area contributed by atoms with Gasteiger partial charge in [-0.25, -0.2) is 0 Å². The second kappa shape index (κ2) is 7.35. The fourth-order valence-corrected chi connectivity index (χ4v) is 2.07. The van der Waals surface area contributed by atoms with E-state index in [1.54, 1.807) is 12.2 Å². The van der Waals surface area contributed by atoms with Gasteiger partial charge in [0.05, 0.1) is 24.1 Å². The molecule has 0 atom stereocenters. The van der Waals surface area contributed by atoms with E-state index in [0.717, 1.165) is 0 Å². The second-order valence-electron chi connectivity index (χ2n) is 6.18. The smallest absolute Gasteiger partial charge is 0.490 e. The summed E-state index contributed by atoms with van der Waals surface area (Å²) in [6, 6.07) is 0. The molecular weight excluding hydrogens is 239 g/mol. The van der Waals surface area contributed by atoms with Crippen LogP contribution in [0.25, 0.3) is 0 Å². The van der Waals surface area contributed by atoms with Gasteiger partial charge in [-0.1, -0.05) is 32.1 Å². The number of rotatable bonds is 3. The standard InChI is InChI=1S/C10H19BO3.C5H10/c1-6-12-8-7-11-13-9(2,3)10(4,5)14-11;1-2-4-5-3-1/h7-8H,6H2,1-5H3;1-5H2. The maximum atomic E-state index is 5.72. The summed E-state index contributed by atoms with van der Waals surface area (Å²) < 4.78 is 16.5. The molecule has 1 heterocycles. The summed E-state index contributed by atoms with van der Waals surface area (Å²) in [5, 5.41) is 0. The molecule has 2 fully saturated rings. The van der Waals surface area contributed by atoms with Crippen molar-refractivity contribution < 1.29 is 14.0 Å². The number of hydrogen-bond donors (Lipinski definition) is 0. The fourth-order valence-electron chi connectivity index (χ4n) is 2.07. The molecule has 2 rings (SSSR count). The first-order valence-corrected chi connectivity index (χ1v) is 7.53. The molecule has 0 aromatic rings. The quantitative estimate of drug-likeness (QED) is 0.569. The van der Waals surface area contributed by atoms with Crippen LogP contribution in [0.1, 0.15) is 66.7 Å². The third-order valence-electron chi connectivity index (χ3n) is 4.02. The van der Waals surface area contributed by atoms with Crippen molar-refractivity contribution >= 4 is 7.12 Å². The van der Waals surface area contributed by atoms with Gasteiger partial charge in [0.2, 0.25) is 0 Å². The lowest BCUT2D eigenvalue weighted by molar-refractivity contribution is 0.00578. The van der Waals surface area contributed by atoms with Crippen molar-refractivity contribution in [2.24, 2.45) is 0 Å². The summed E-state index contributed by atoms with van der Waals surface area (Å²) in [5.41, 5.74) is -0.539. The van der Waals surface area contributed by atoms with Crippen LogP contribution in [0.4, 0.5) is 0 Å². The molecule has 0 amide bonds. The average Bonchev–Trinajstić information content (AvgIpc) is 2.91. The highest BCUT2D eigenvalue weighted by Gasteiger charge is 2.50. The molecule has 2 aliphatic rings. The van der Waals surface area contributed by atoms with Gasteiger partial charge >= 0.3 is 7.12 Å². The Morgan fingerprint density at radius 3 is 1.74 bits per heavy atom. The highest BCUT2D eigenvalue weighted by atomic mass is 16.7. The van der Waals surface area contributed by atoms with Crippen LogP contribution in [0.15, 0.2) is 12.2 Å². The molecule has 0 radical (unpaired) electrons. The van der Waals surface area contributed by atoms with Crippen LogP contribution in [0, 0.1) is 0 Å². The van der Waals surface area contributed by atoms with Crippen LogP contribution in [-0.2, 0) is 14.0 Å². The van der Waals surface area contributed by atoms with E-state index in [-0.39, 0.29) is 18.3 Å². The Balaban J connectivity index is 0.000000300. The van der Waals surface area contributed by atoms with E-state index in [0.29, 0.717) is 6.61 Å². The normalized spacial score (nSPS) is 24.4. The lowest BCUT2D eigenvalue weighted by Crippen LogP contribution is -2.41. The second-order valence-corrected chi connectivity index (χ2v) is 6.18. The Bertz CT molecular complexity index is 260. The molecule has 110 valence electrons. The van der Waals surface area contributed by atoms with E-state index < -0.39 is 0 Å². The summed E-state index contributed by atoms with van der Waals surface area (Å²) >= 11 is 0. The molecule has 0 N–H and O–H groups in total. The van der Waals surface area contributed by atoms with Gasteiger partial charge in [-0.15, -0.1) is 0 Å². The zero-order valence-corrected chi connectivity index (χ0v) is 13.2. The van der Waals surface area contributed by atoms with Crippen LogP contribution in [0.3, 0.4) is 0 Å². The lowest BCUT2D eigenvalue weighted by Gasteiger charge is -2.32. The maximum absolute atomic E-state index is 5.72. The van der Waals surface area contributed by atoms with Crippen LogP contribution in [0.2, 0.25) is 0 Å². The molecule has 3 nitrogen and oxygen atoms in total. The predicted octanol–water partition coefficient (Wildman–Crippen LogP) is 4.12. The van der Waals surface area contributed by atoms with Gasteiger partial charge in [-0.05, 0) is 40.6 Å². The van der Waals surface area contributed by atoms with Crippen molar-refractivity contribution in [1.82, 2.24) is 0 Å². The van der Waals surface area contributed by atoms with E-state index >= 15 is 0 Å². The SMILES string of the molecule is C1CCCC1.CCOC=CB1OC(C)(C)C(C)(C)O1. The summed E-state index contributed by atoms with van der Waals surface area (Å²) in [5.74, 6) is 1.79. The van der Waals surface area contributed by atoms with Gasteiger partial charge in [0, 0.05) is 0 Å². The third kappa shape index (κ3) is 5.19. The maximum Gasteiger partial charge on any atom is 0.490 e. The van der Waals surface area contributed by atoms with Crippen LogP contribution >= 0.6 is 0 Å². The monoisotopic (exact) mass is 268 g/mol. The van der Waals surface area contributed by atoms with Crippen molar-refractivity contribution in [3.05, 3.63) is 12.2 Å². The summed E-state index contributed by atoms with van der Waals surface area (Å²) in [7, 11) is -0.299. The fraction of sp³-hybridized carbons (Fsp3) is 0.867. The molecule has 19 heavy (non-hydrogen) atoms. The molecule has 1 aliphatic heterocycles. The van der Waals surface area contributed by atoms with E-state index in [2.05, 4.69) is 0 Å². The molecule has 1 saturated heterocycles. The van der Waals surface area contributed by atoms with Crippen molar-refractivity contribution in [3.63, 3.8) is 0 Å². The zero-order chi connectivity index (χ0) is 14.4. The van der Waals surface area contributed by atoms with Crippen molar-refractivity contribution in [2.75, 3.05) is 6.61 Å². The number of hydrogen-bond acceptors (Lipinski definition) is 3. The Labute approximate surface area is 118 Å². The van der Waals surface area contributed by atoms with Crippen LogP contribution in [-0.4, -0.2) is 24.9 Å². The minimum Gasteiger partial charge on any atom is -0.502 e. The third-order valence-corrected chi connectivity index (χ3v) is 4.02.